The molecule has 1 unspecified atom stereocenters. The molecule has 0 heterocycles. The molecule has 0 radical (unpaired) electrons. The molecular formula is C11H21F9. The van der Waals surface area contributed by atoms with Crippen molar-refractivity contribution in [2.45, 2.75) is 26.4 Å². The monoisotopic (exact) mass is 324 g/mol. The predicted molar refractivity (Wildman–Crippen MR) is 61.4 cm³/mol. The van der Waals surface area contributed by atoms with Gasteiger partial charge in [-0.15, -0.1) is 0 Å². The first-order valence-electron chi connectivity index (χ1n) is 5.69. The smallest absolute Gasteiger partial charge is 0.251 e. The van der Waals surface area contributed by atoms with Crippen LogP contribution in [0.15, 0.2) is 0 Å². The Kier molecular flexibility index (Phi) is 32.5. The summed E-state index contributed by atoms with van der Waals surface area (Å²) < 4.78 is 97.6. The van der Waals surface area contributed by atoms with Crippen molar-refractivity contribution in [2.75, 3.05) is 40.0 Å². The van der Waals surface area contributed by atoms with E-state index in [0.29, 0.717) is 0 Å². The summed E-state index contributed by atoms with van der Waals surface area (Å²) in [7, 11) is 0. The molecule has 9 heteroatoms. The Labute approximate surface area is 113 Å². The molecule has 0 bridgehead atoms. The maximum atomic E-state index is 11.5. The minimum atomic E-state index is -4.36. The zero-order chi connectivity index (χ0) is 17.0. The SMILES string of the molecule is CCC(CF)C(F)(F)F.CCF.FCCF.FCCF. The second-order valence-electron chi connectivity index (χ2n) is 2.82. The van der Waals surface area contributed by atoms with Crippen molar-refractivity contribution < 1.29 is 39.5 Å². The van der Waals surface area contributed by atoms with Gasteiger partial charge in [0.15, 0.2) is 0 Å². The fourth-order valence-corrected chi connectivity index (χ4v) is 0.428. The fraction of sp³-hybridized carbons (Fsp3) is 1.00. The van der Waals surface area contributed by atoms with Crippen LogP contribution in [0.5, 0.6) is 0 Å². The molecule has 0 amide bonds. The topological polar surface area (TPSA) is 0 Å². The van der Waals surface area contributed by atoms with Crippen LogP contribution in [0, 0.1) is 5.92 Å². The molecular weight excluding hydrogens is 303 g/mol. The zero-order valence-electron chi connectivity index (χ0n) is 11.4. The maximum absolute atomic E-state index is 11.5. The third kappa shape index (κ3) is 36.0. The molecule has 0 aliphatic carbocycles. The quantitative estimate of drug-likeness (QED) is 0.610. The van der Waals surface area contributed by atoms with E-state index in [9.17, 15) is 39.5 Å². The van der Waals surface area contributed by atoms with E-state index >= 15 is 0 Å². The summed E-state index contributed by atoms with van der Waals surface area (Å²) in [4.78, 5) is 0. The number of alkyl halides is 9. The van der Waals surface area contributed by atoms with Gasteiger partial charge in [0.25, 0.3) is 0 Å². The maximum Gasteiger partial charge on any atom is 0.394 e. The average molecular weight is 324 g/mol. The van der Waals surface area contributed by atoms with Crippen molar-refractivity contribution in [3.05, 3.63) is 0 Å². The summed E-state index contributed by atoms with van der Waals surface area (Å²) in [6, 6.07) is 0. The van der Waals surface area contributed by atoms with Gasteiger partial charge < -0.3 is 0 Å². The molecule has 0 aliphatic heterocycles. The van der Waals surface area contributed by atoms with Crippen molar-refractivity contribution in [2.24, 2.45) is 5.92 Å². The Morgan fingerprint density at radius 1 is 0.700 bits per heavy atom. The van der Waals surface area contributed by atoms with E-state index in [1.807, 2.05) is 0 Å². The zero-order valence-corrected chi connectivity index (χ0v) is 11.4. The summed E-state index contributed by atoms with van der Waals surface area (Å²) in [5, 5.41) is 0. The molecule has 0 spiro atoms. The first-order valence-corrected chi connectivity index (χ1v) is 5.69. The molecule has 0 aromatic rings. The van der Waals surface area contributed by atoms with Gasteiger partial charge in [0.05, 0.1) is 12.6 Å². The summed E-state index contributed by atoms with van der Waals surface area (Å²) in [6.45, 7) is -2.17. The summed E-state index contributed by atoms with van der Waals surface area (Å²) >= 11 is 0. The molecule has 0 rings (SSSR count). The molecule has 128 valence electrons. The molecule has 0 aliphatic rings. The highest BCUT2D eigenvalue weighted by Crippen LogP contribution is 2.28. The number of rotatable bonds is 4. The van der Waals surface area contributed by atoms with Crippen LogP contribution in [-0.2, 0) is 0 Å². The highest BCUT2D eigenvalue weighted by atomic mass is 19.4. The Morgan fingerprint density at radius 2 is 0.950 bits per heavy atom. The van der Waals surface area contributed by atoms with Crippen LogP contribution in [0.25, 0.3) is 0 Å². The molecule has 0 nitrogen and oxygen atoms in total. The average Bonchev–Trinajstić information content (AvgIpc) is 2.40. The fourth-order valence-electron chi connectivity index (χ4n) is 0.428. The molecule has 20 heavy (non-hydrogen) atoms. The minimum Gasteiger partial charge on any atom is -0.251 e. The van der Waals surface area contributed by atoms with Gasteiger partial charge in [-0.2, -0.15) is 13.2 Å². The van der Waals surface area contributed by atoms with Crippen molar-refractivity contribution in [3.63, 3.8) is 0 Å². The van der Waals surface area contributed by atoms with Crippen LogP contribution in [-0.4, -0.2) is 46.2 Å². The van der Waals surface area contributed by atoms with Gasteiger partial charge in [-0.1, -0.05) is 6.92 Å². The number of halogens is 9. The number of hydrogen-bond acceptors (Lipinski definition) is 0. The Bertz CT molecular complexity index is 126. The molecule has 0 saturated heterocycles. The molecule has 0 fully saturated rings. The molecule has 0 aromatic carbocycles. The molecule has 1 atom stereocenters. The van der Waals surface area contributed by atoms with E-state index in [4.69, 9.17) is 0 Å². The number of hydrogen-bond donors (Lipinski definition) is 0. The van der Waals surface area contributed by atoms with Gasteiger partial charge >= 0.3 is 6.18 Å². The van der Waals surface area contributed by atoms with Crippen LogP contribution in [0.3, 0.4) is 0 Å². The summed E-state index contributed by atoms with van der Waals surface area (Å²) in [6.07, 6.45) is -4.54. The molecule has 0 N–H and O–H groups in total. The lowest BCUT2D eigenvalue weighted by Gasteiger charge is -2.13. The van der Waals surface area contributed by atoms with E-state index in [-0.39, 0.29) is 13.1 Å². The van der Waals surface area contributed by atoms with Crippen molar-refractivity contribution in [1.82, 2.24) is 0 Å². The lowest BCUT2D eigenvalue weighted by atomic mass is 10.1. The first kappa shape index (κ1) is 27.7. The van der Waals surface area contributed by atoms with Gasteiger partial charge in [-0.25, -0.2) is 17.6 Å². The lowest BCUT2D eigenvalue weighted by Crippen LogP contribution is -2.23. The van der Waals surface area contributed by atoms with Crippen LogP contribution >= 0.6 is 0 Å². The van der Waals surface area contributed by atoms with Gasteiger partial charge in [-0.3, -0.25) is 8.78 Å². The Hall–Kier alpha value is -0.630. The normalized spacial score (nSPS) is 10.9. The van der Waals surface area contributed by atoms with Crippen molar-refractivity contribution in [3.8, 4) is 0 Å². The van der Waals surface area contributed by atoms with Crippen LogP contribution in [0.4, 0.5) is 39.5 Å². The largest absolute Gasteiger partial charge is 0.394 e. The molecule has 0 aromatic heterocycles. The third-order valence-corrected chi connectivity index (χ3v) is 1.28. The summed E-state index contributed by atoms with van der Waals surface area (Å²) in [5.74, 6) is -1.77. The van der Waals surface area contributed by atoms with E-state index in [2.05, 4.69) is 0 Å². The Balaban J connectivity index is -0.0000000976. The predicted octanol–water partition coefficient (Wildman–Crippen LogP) is 5.37. The lowest BCUT2D eigenvalue weighted by molar-refractivity contribution is -0.178. The first-order chi connectivity index (χ1) is 9.26. The van der Waals surface area contributed by atoms with Crippen LogP contribution < -0.4 is 0 Å². The molecule has 0 saturated carbocycles. The second kappa shape index (κ2) is 23.5. The Morgan fingerprint density at radius 3 is 0.950 bits per heavy atom. The van der Waals surface area contributed by atoms with Gasteiger partial charge in [-0.05, 0) is 13.3 Å². The van der Waals surface area contributed by atoms with E-state index in [1.54, 1.807) is 0 Å². The van der Waals surface area contributed by atoms with E-state index in [0.717, 1.165) is 0 Å². The standard InChI is InChI=1S/C5H8F4.2C2H4F2.C2H5F/c1-2-4(3-6)5(7,8)9;2*3-1-2-4;1-2-3/h4H,2-3H2,1H3;2*1-2H2;2H2,1H3. The minimum absolute atomic E-state index is 0.181. The van der Waals surface area contributed by atoms with E-state index in [1.165, 1.54) is 13.8 Å². The third-order valence-electron chi connectivity index (χ3n) is 1.28. The van der Waals surface area contributed by atoms with Crippen molar-refractivity contribution >= 4 is 0 Å². The van der Waals surface area contributed by atoms with Crippen LogP contribution in [0.2, 0.25) is 0 Å². The van der Waals surface area contributed by atoms with E-state index < -0.39 is 45.5 Å². The van der Waals surface area contributed by atoms with Crippen molar-refractivity contribution in [1.29, 1.82) is 0 Å². The van der Waals surface area contributed by atoms with Crippen LogP contribution in [0.1, 0.15) is 20.3 Å². The van der Waals surface area contributed by atoms with Gasteiger partial charge in [0.2, 0.25) is 0 Å². The highest BCUT2D eigenvalue weighted by Gasteiger charge is 2.37. The van der Waals surface area contributed by atoms with Gasteiger partial charge in [0.1, 0.15) is 33.4 Å². The summed E-state index contributed by atoms with van der Waals surface area (Å²) in [5.41, 5.74) is 0. The second-order valence-corrected chi connectivity index (χ2v) is 2.82. The van der Waals surface area contributed by atoms with Gasteiger partial charge in [0, 0.05) is 0 Å². The highest BCUT2D eigenvalue weighted by molar-refractivity contribution is 4.63.